The largest absolute Gasteiger partial charge is 0.497 e. The van der Waals surface area contributed by atoms with Crippen LogP contribution in [-0.4, -0.2) is 19.1 Å². The van der Waals surface area contributed by atoms with Gasteiger partial charge in [0.2, 0.25) is 5.91 Å². The molecule has 0 unspecified atom stereocenters. The summed E-state index contributed by atoms with van der Waals surface area (Å²) in [6.45, 7) is 2.04. The normalized spacial score (nSPS) is 11.7. The Morgan fingerprint density at radius 1 is 1.05 bits per heavy atom. The second kappa shape index (κ2) is 8.23. The third-order valence-corrected chi connectivity index (χ3v) is 3.59. The van der Waals surface area contributed by atoms with Gasteiger partial charge in [0.05, 0.1) is 7.11 Å². The van der Waals surface area contributed by atoms with E-state index in [2.05, 4.69) is 17.4 Å². The van der Waals surface area contributed by atoms with E-state index in [9.17, 15) is 4.79 Å². The standard InChI is InChI=1S/C19H23NO2/c1-15(14-17-6-4-3-5-7-17)20-19(21)13-10-16-8-11-18(22-2)12-9-16/h3-9,11-12,15H,10,13-14H2,1-2H3,(H,20,21)/t15-/m1/s1. The van der Waals surface area contributed by atoms with Gasteiger partial charge in [-0.1, -0.05) is 42.5 Å². The van der Waals surface area contributed by atoms with Gasteiger partial charge in [-0.25, -0.2) is 0 Å². The van der Waals surface area contributed by atoms with Crippen molar-refractivity contribution in [2.45, 2.75) is 32.2 Å². The highest BCUT2D eigenvalue weighted by Crippen LogP contribution is 2.12. The lowest BCUT2D eigenvalue weighted by molar-refractivity contribution is -0.121. The van der Waals surface area contributed by atoms with Gasteiger partial charge in [-0.2, -0.15) is 0 Å². The number of carbonyl (C=O) groups excluding carboxylic acids is 1. The van der Waals surface area contributed by atoms with Crippen LogP contribution in [0.5, 0.6) is 5.75 Å². The molecule has 3 heteroatoms. The first-order valence-electron chi connectivity index (χ1n) is 7.63. The molecule has 0 aliphatic rings. The van der Waals surface area contributed by atoms with Crippen molar-refractivity contribution >= 4 is 5.91 Å². The smallest absolute Gasteiger partial charge is 0.220 e. The van der Waals surface area contributed by atoms with E-state index in [-0.39, 0.29) is 11.9 Å². The van der Waals surface area contributed by atoms with Gasteiger partial charge in [0, 0.05) is 12.5 Å². The molecule has 0 heterocycles. The topological polar surface area (TPSA) is 38.3 Å². The molecule has 2 aromatic rings. The quantitative estimate of drug-likeness (QED) is 0.851. The molecule has 0 aliphatic heterocycles. The SMILES string of the molecule is COc1ccc(CCC(=O)N[C@H](C)Cc2ccccc2)cc1. The van der Waals surface area contributed by atoms with E-state index in [1.807, 2.05) is 49.4 Å². The highest BCUT2D eigenvalue weighted by molar-refractivity contribution is 5.76. The molecule has 0 bridgehead atoms. The van der Waals surface area contributed by atoms with Gasteiger partial charge >= 0.3 is 0 Å². The molecule has 0 saturated carbocycles. The molecular formula is C19H23NO2. The van der Waals surface area contributed by atoms with Crippen LogP contribution in [0.1, 0.15) is 24.5 Å². The Hall–Kier alpha value is -2.29. The number of ether oxygens (including phenoxy) is 1. The lowest BCUT2D eigenvalue weighted by atomic mass is 10.1. The Labute approximate surface area is 132 Å². The number of hydrogen-bond donors (Lipinski definition) is 1. The summed E-state index contributed by atoms with van der Waals surface area (Å²) in [5, 5.41) is 3.06. The van der Waals surface area contributed by atoms with Crippen molar-refractivity contribution in [1.82, 2.24) is 5.32 Å². The van der Waals surface area contributed by atoms with Gasteiger partial charge in [0.25, 0.3) is 0 Å². The molecule has 0 aromatic heterocycles. The van der Waals surface area contributed by atoms with E-state index in [4.69, 9.17) is 4.74 Å². The summed E-state index contributed by atoms with van der Waals surface area (Å²) in [4.78, 5) is 12.0. The van der Waals surface area contributed by atoms with Crippen molar-refractivity contribution in [2.75, 3.05) is 7.11 Å². The fourth-order valence-electron chi connectivity index (χ4n) is 2.42. The summed E-state index contributed by atoms with van der Waals surface area (Å²) in [5.74, 6) is 0.934. The first-order chi connectivity index (χ1) is 10.7. The van der Waals surface area contributed by atoms with Crippen molar-refractivity contribution in [2.24, 2.45) is 0 Å². The van der Waals surface area contributed by atoms with Crippen molar-refractivity contribution in [3.63, 3.8) is 0 Å². The number of hydrogen-bond acceptors (Lipinski definition) is 2. The molecule has 1 atom stereocenters. The Morgan fingerprint density at radius 3 is 2.36 bits per heavy atom. The van der Waals surface area contributed by atoms with Crippen molar-refractivity contribution < 1.29 is 9.53 Å². The molecule has 1 amide bonds. The summed E-state index contributed by atoms with van der Waals surface area (Å²) in [7, 11) is 1.65. The second-order valence-electron chi connectivity index (χ2n) is 5.51. The first-order valence-corrected chi connectivity index (χ1v) is 7.63. The fourth-order valence-corrected chi connectivity index (χ4v) is 2.42. The summed E-state index contributed by atoms with van der Waals surface area (Å²) in [6.07, 6.45) is 2.11. The lowest BCUT2D eigenvalue weighted by Crippen LogP contribution is -2.34. The minimum atomic E-state index is 0.0965. The molecule has 2 aromatic carbocycles. The van der Waals surface area contributed by atoms with Crippen LogP contribution in [0.2, 0.25) is 0 Å². The third-order valence-electron chi connectivity index (χ3n) is 3.59. The Kier molecular flexibility index (Phi) is 6.01. The van der Waals surface area contributed by atoms with Gasteiger partial charge in [0.15, 0.2) is 0 Å². The maximum Gasteiger partial charge on any atom is 0.220 e. The van der Waals surface area contributed by atoms with Crippen molar-refractivity contribution in [3.05, 3.63) is 65.7 Å². The molecular weight excluding hydrogens is 274 g/mol. The van der Waals surface area contributed by atoms with Crippen LogP contribution in [0.4, 0.5) is 0 Å². The summed E-state index contributed by atoms with van der Waals surface area (Å²) in [6, 6.07) is 18.2. The Bertz CT molecular complexity index is 578. The number of methoxy groups -OCH3 is 1. The maximum atomic E-state index is 12.0. The molecule has 0 fully saturated rings. The van der Waals surface area contributed by atoms with Crippen LogP contribution in [-0.2, 0) is 17.6 Å². The Balaban J connectivity index is 1.75. The predicted molar refractivity (Wildman–Crippen MR) is 89.1 cm³/mol. The van der Waals surface area contributed by atoms with Gasteiger partial charge in [-0.3, -0.25) is 4.79 Å². The zero-order chi connectivity index (χ0) is 15.8. The van der Waals surface area contributed by atoms with Crippen LogP contribution in [0.25, 0.3) is 0 Å². The fraction of sp³-hybridized carbons (Fsp3) is 0.316. The van der Waals surface area contributed by atoms with E-state index in [1.54, 1.807) is 7.11 Å². The number of amides is 1. The molecule has 3 nitrogen and oxygen atoms in total. The highest BCUT2D eigenvalue weighted by Gasteiger charge is 2.08. The predicted octanol–water partition coefficient (Wildman–Crippen LogP) is 3.38. The van der Waals surface area contributed by atoms with Gasteiger partial charge < -0.3 is 10.1 Å². The van der Waals surface area contributed by atoms with E-state index in [0.717, 1.165) is 24.2 Å². The lowest BCUT2D eigenvalue weighted by Gasteiger charge is -2.14. The molecule has 0 spiro atoms. The number of nitrogens with one attached hydrogen (secondary N) is 1. The minimum absolute atomic E-state index is 0.0965. The Morgan fingerprint density at radius 2 is 1.73 bits per heavy atom. The van der Waals surface area contributed by atoms with E-state index < -0.39 is 0 Å². The van der Waals surface area contributed by atoms with Crippen molar-refractivity contribution in [1.29, 1.82) is 0 Å². The number of benzene rings is 2. The molecule has 1 N–H and O–H groups in total. The second-order valence-corrected chi connectivity index (χ2v) is 5.51. The van der Waals surface area contributed by atoms with Gasteiger partial charge in [-0.15, -0.1) is 0 Å². The van der Waals surface area contributed by atoms with Crippen LogP contribution in [0.3, 0.4) is 0 Å². The molecule has 0 aliphatic carbocycles. The van der Waals surface area contributed by atoms with Crippen molar-refractivity contribution in [3.8, 4) is 5.75 Å². The van der Waals surface area contributed by atoms with Crippen LogP contribution in [0.15, 0.2) is 54.6 Å². The van der Waals surface area contributed by atoms with Crippen LogP contribution >= 0.6 is 0 Å². The molecule has 22 heavy (non-hydrogen) atoms. The molecule has 0 radical (unpaired) electrons. The highest BCUT2D eigenvalue weighted by atomic mass is 16.5. The zero-order valence-corrected chi connectivity index (χ0v) is 13.2. The maximum absolute atomic E-state index is 12.0. The van der Waals surface area contributed by atoms with Gasteiger partial charge in [-0.05, 0) is 43.0 Å². The van der Waals surface area contributed by atoms with E-state index in [0.29, 0.717) is 6.42 Å². The molecule has 2 rings (SSSR count). The monoisotopic (exact) mass is 297 g/mol. The number of carbonyl (C=O) groups is 1. The van der Waals surface area contributed by atoms with Crippen LogP contribution < -0.4 is 10.1 Å². The zero-order valence-electron chi connectivity index (χ0n) is 13.2. The molecule has 116 valence electrons. The third kappa shape index (κ3) is 5.24. The number of aryl methyl sites for hydroxylation is 1. The average molecular weight is 297 g/mol. The number of rotatable bonds is 7. The summed E-state index contributed by atoms with van der Waals surface area (Å²) < 4.78 is 5.12. The summed E-state index contributed by atoms with van der Waals surface area (Å²) >= 11 is 0. The van der Waals surface area contributed by atoms with Crippen LogP contribution in [0, 0.1) is 0 Å². The van der Waals surface area contributed by atoms with Gasteiger partial charge in [0.1, 0.15) is 5.75 Å². The van der Waals surface area contributed by atoms with E-state index >= 15 is 0 Å². The minimum Gasteiger partial charge on any atom is -0.497 e. The van der Waals surface area contributed by atoms with E-state index in [1.165, 1.54) is 5.56 Å². The first kappa shape index (κ1) is 16.1. The average Bonchev–Trinajstić information content (AvgIpc) is 2.54. The summed E-state index contributed by atoms with van der Waals surface area (Å²) in [5.41, 5.74) is 2.39. The molecule has 0 saturated heterocycles.